The van der Waals surface area contributed by atoms with E-state index in [0.717, 1.165) is 24.8 Å². The van der Waals surface area contributed by atoms with Gasteiger partial charge in [0, 0.05) is 13.1 Å². The van der Waals surface area contributed by atoms with Crippen molar-refractivity contribution in [2.45, 2.75) is 24.7 Å². The predicted molar refractivity (Wildman–Crippen MR) is 93.0 cm³/mol. The largest absolute Gasteiger partial charge is 0.468 e. The number of methoxy groups -OCH3 is 1. The smallest absolute Gasteiger partial charge is 0.325 e. The molecule has 1 saturated heterocycles. The van der Waals surface area contributed by atoms with Crippen molar-refractivity contribution in [3.63, 3.8) is 0 Å². The number of esters is 1. The van der Waals surface area contributed by atoms with E-state index in [1.165, 1.54) is 7.11 Å². The van der Waals surface area contributed by atoms with Crippen LogP contribution in [0.3, 0.4) is 0 Å². The van der Waals surface area contributed by atoms with Gasteiger partial charge in [0.25, 0.3) is 5.91 Å². The fraction of sp³-hybridized carbons (Fsp3) is 0.471. The maximum Gasteiger partial charge on any atom is 0.325 e. The summed E-state index contributed by atoms with van der Waals surface area (Å²) < 4.78 is 4.60. The van der Waals surface area contributed by atoms with Crippen LogP contribution >= 0.6 is 12.2 Å². The molecule has 1 aromatic carbocycles. The molecular formula is C17H21N3O3S. The number of thiocarbonyl (C=S) groups is 1. The molecule has 0 radical (unpaired) electrons. The summed E-state index contributed by atoms with van der Waals surface area (Å²) in [5.74, 6) is -0.300. The van der Waals surface area contributed by atoms with Crippen LogP contribution in [0.4, 0.5) is 0 Å². The summed E-state index contributed by atoms with van der Waals surface area (Å²) in [6, 6.07) is 9.91. The first-order chi connectivity index (χ1) is 11.6. The first kappa shape index (κ1) is 16.7. The maximum absolute atomic E-state index is 13.1. The molecule has 6 nitrogen and oxygen atoms in total. The Labute approximate surface area is 146 Å². The number of carbonyl (C=O) groups excluding carboxylic acids is 2. The van der Waals surface area contributed by atoms with Crippen molar-refractivity contribution >= 4 is 29.2 Å². The van der Waals surface area contributed by atoms with Crippen molar-refractivity contribution in [1.29, 1.82) is 0 Å². The van der Waals surface area contributed by atoms with Crippen molar-refractivity contribution in [2.75, 3.05) is 26.7 Å². The third-order valence-electron chi connectivity index (χ3n) is 4.60. The Morgan fingerprint density at radius 3 is 2.50 bits per heavy atom. The molecule has 7 heteroatoms. The lowest BCUT2D eigenvalue weighted by Gasteiger charge is -2.33. The normalized spacial score (nSPS) is 18.2. The van der Waals surface area contributed by atoms with E-state index in [4.69, 9.17) is 12.2 Å². The zero-order valence-corrected chi connectivity index (χ0v) is 14.5. The molecule has 0 bridgehead atoms. The lowest BCUT2D eigenvalue weighted by Crippen LogP contribution is -2.52. The van der Waals surface area contributed by atoms with Crippen LogP contribution in [-0.4, -0.2) is 53.8 Å². The summed E-state index contributed by atoms with van der Waals surface area (Å²) in [5, 5.41) is 6.74. The molecule has 1 N–H and O–H groups in total. The number of carbonyl (C=O) groups is 2. The highest BCUT2D eigenvalue weighted by atomic mass is 32.1. The van der Waals surface area contributed by atoms with E-state index in [1.807, 2.05) is 30.3 Å². The summed E-state index contributed by atoms with van der Waals surface area (Å²) in [5.41, 5.74) is 0.650. The van der Waals surface area contributed by atoms with Crippen LogP contribution in [-0.2, 0) is 19.7 Å². The topological polar surface area (TPSA) is 61.9 Å². The lowest BCUT2D eigenvalue weighted by molar-refractivity contribution is -0.141. The molecule has 1 aliphatic carbocycles. The second-order valence-electron chi connectivity index (χ2n) is 6.09. The van der Waals surface area contributed by atoms with Gasteiger partial charge >= 0.3 is 5.97 Å². The first-order valence-electron chi connectivity index (χ1n) is 8.08. The Morgan fingerprint density at radius 1 is 1.21 bits per heavy atom. The van der Waals surface area contributed by atoms with Gasteiger partial charge in [-0.2, -0.15) is 0 Å². The summed E-state index contributed by atoms with van der Waals surface area (Å²) in [7, 11) is 1.33. The highest BCUT2D eigenvalue weighted by Gasteiger charge is 2.54. The average molecular weight is 347 g/mol. The highest BCUT2D eigenvalue weighted by molar-refractivity contribution is 7.80. The number of hydrogen-bond acceptors (Lipinski definition) is 4. The molecule has 0 atom stereocenters. The van der Waals surface area contributed by atoms with Crippen LogP contribution in [0.2, 0.25) is 0 Å². The van der Waals surface area contributed by atoms with Gasteiger partial charge in [0.05, 0.1) is 12.5 Å². The second-order valence-corrected chi connectivity index (χ2v) is 6.47. The third kappa shape index (κ3) is 3.08. The van der Waals surface area contributed by atoms with Gasteiger partial charge in [0.2, 0.25) is 0 Å². The lowest BCUT2D eigenvalue weighted by atomic mass is 9.95. The van der Waals surface area contributed by atoms with Gasteiger partial charge in [-0.3, -0.25) is 19.6 Å². The molecule has 3 rings (SSSR count). The van der Waals surface area contributed by atoms with Crippen LogP contribution in [0.1, 0.15) is 24.8 Å². The fourth-order valence-electron chi connectivity index (χ4n) is 3.10. The molecule has 1 saturated carbocycles. The van der Waals surface area contributed by atoms with E-state index >= 15 is 0 Å². The van der Waals surface area contributed by atoms with Crippen molar-refractivity contribution in [3.05, 3.63) is 35.9 Å². The average Bonchev–Trinajstić information content (AvgIpc) is 3.29. The number of hydrazine groups is 1. The van der Waals surface area contributed by atoms with Gasteiger partial charge in [0.1, 0.15) is 6.54 Å². The molecule has 2 aliphatic rings. The standard InChI is InChI=1S/C17H21N3O3S/c1-23-14(21)12-18-16(24)20-11-5-10-19(20)15(22)17(8-9-17)13-6-3-2-4-7-13/h2-4,6-7H,5,8-12H2,1H3,(H,18,24). The molecular weight excluding hydrogens is 326 g/mol. The zero-order chi connectivity index (χ0) is 17.2. The molecule has 1 aliphatic heterocycles. The van der Waals surface area contributed by atoms with E-state index in [2.05, 4.69) is 10.1 Å². The number of ether oxygens (including phenoxy) is 1. The van der Waals surface area contributed by atoms with Gasteiger partial charge in [-0.15, -0.1) is 0 Å². The number of nitrogens with one attached hydrogen (secondary N) is 1. The molecule has 1 amide bonds. The van der Waals surface area contributed by atoms with Crippen LogP contribution in [0.5, 0.6) is 0 Å². The number of hydrogen-bond donors (Lipinski definition) is 1. The van der Waals surface area contributed by atoms with Crippen LogP contribution in [0.15, 0.2) is 30.3 Å². The molecule has 2 fully saturated rings. The highest BCUT2D eigenvalue weighted by Crippen LogP contribution is 2.50. The second kappa shape index (κ2) is 6.76. The van der Waals surface area contributed by atoms with Gasteiger partial charge < -0.3 is 10.1 Å². The zero-order valence-electron chi connectivity index (χ0n) is 13.7. The monoisotopic (exact) mass is 347 g/mol. The van der Waals surface area contributed by atoms with E-state index in [-0.39, 0.29) is 12.5 Å². The number of benzene rings is 1. The van der Waals surface area contributed by atoms with Crippen molar-refractivity contribution in [2.24, 2.45) is 0 Å². The number of nitrogens with zero attached hydrogens (tertiary/aromatic N) is 2. The van der Waals surface area contributed by atoms with E-state index < -0.39 is 11.4 Å². The third-order valence-corrected chi connectivity index (χ3v) is 4.95. The predicted octanol–water partition coefficient (Wildman–Crippen LogP) is 1.22. The van der Waals surface area contributed by atoms with E-state index in [0.29, 0.717) is 18.2 Å². The minimum atomic E-state index is -0.415. The first-order valence-corrected chi connectivity index (χ1v) is 8.49. The molecule has 0 spiro atoms. The van der Waals surface area contributed by atoms with Crippen molar-refractivity contribution < 1.29 is 14.3 Å². The van der Waals surface area contributed by atoms with Gasteiger partial charge in [-0.25, -0.2) is 0 Å². The number of amides is 1. The quantitative estimate of drug-likeness (QED) is 0.653. The Hall–Kier alpha value is -2.15. The Bertz CT molecular complexity index is 646. The Morgan fingerprint density at radius 2 is 1.88 bits per heavy atom. The van der Waals surface area contributed by atoms with Gasteiger partial charge in [-0.05, 0) is 37.0 Å². The molecule has 24 heavy (non-hydrogen) atoms. The van der Waals surface area contributed by atoms with E-state index in [1.54, 1.807) is 10.0 Å². The van der Waals surface area contributed by atoms with Crippen LogP contribution in [0, 0.1) is 0 Å². The Balaban J connectivity index is 1.70. The van der Waals surface area contributed by atoms with Gasteiger partial charge in [-0.1, -0.05) is 30.3 Å². The molecule has 128 valence electrons. The minimum Gasteiger partial charge on any atom is -0.468 e. The number of rotatable bonds is 4. The summed E-state index contributed by atoms with van der Waals surface area (Å²) in [4.78, 5) is 24.4. The SMILES string of the molecule is COC(=O)CNC(=S)N1CCCN1C(=O)C1(c2ccccc2)CC1. The maximum atomic E-state index is 13.1. The molecule has 0 unspecified atom stereocenters. The molecule has 0 aromatic heterocycles. The van der Waals surface area contributed by atoms with Crippen LogP contribution in [0.25, 0.3) is 0 Å². The van der Waals surface area contributed by atoms with Crippen molar-refractivity contribution in [1.82, 2.24) is 15.3 Å². The minimum absolute atomic E-state index is 0.00229. The fourth-order valence-corrected chi connectivity index (χ4v) is 3.36. The molecule has 1 aromatic rings. The summed E-state index contributed by atoms with van der Waals surface area (Å²) in [6.07, 6.45) is 2.59. The summed E-state index contributed by atoms with van der Waals surface area (Å²) in [6.45, 7) is 1.31. The molecule has 1 heterocycles. The van der Waals surface area contributed by atoms with Crippen molar-refractivity contribution in [3.8, 4) is 0 Å². The Kier molecular flexibility index (Phi) is 4.71. The van der Waals surface area contributed by atoms with E-state index in [9.17, 15) is 9.59 Å². The van der Waals surface area contributed by atoms with Crippen LogP contribution < -0.4 is 5.32 Å². The summed E-state index contributed by atoms with van der Waals surface area (Å²) >= 11 is 5.35. The van der Waals surface area contributed by atoms with Gasteiger partial charge in [0.15, 0.2) is 5.11 Å².